The van der Waals surface area contributed by atoms with Crippen molar-refractivity contribution in [2.45, 2.75) is 6.92 Å². The number of carbonyl (C=O) groups excluding carboxylic acids is 1. The first-order chi connectivity index (χ1) is 15.2. The van der Waals surface area contributed by atoms with Crippen molar-refractivity contribution >= 4 is 16.8 Å². The molecule has 156 valence electrons. The third-order valence-electron chi connectivity index (χ3n) is 5.66. The van der Waals surface area contributed by atoms with E-state index in [2.05, 4.69) is 10.3 Å². The third-order valence-corrected chi connectivity index (χ3v) is 5.66. The van der Waals surface area contributed by atoms with E-state index in [9.17, 15) is 4.79 Å². The van der Waals surface area contributed by atoms with Gasteiger partial charge in [0.05, 0.1) is 11.7 Å². The van der Waals surface area contributed by atoms with Gasteiger partial charge in [0.1, 0.15) is 11.3 Å². The van der Waals surface area contributed by atoms with E-state index >= 15 is 0 Å². The molecule has 3 heterocycles. The van der Waals surface area contributed by atoms with Crippen LogP contribution in [0.1, 0.15) is 15.9 Å². The minimum atomic E-state index is -0.0176. The van der Waals surface area contributed by atoms with Gasteiger partial charge in [-0.2, -0.15) is 0 Å². The lowest BCUT2D eigenvalue weighted by Crippen LogP contribution is -2.46. The van der Waals surface area contributed by atoms with Gasteiger partial charge in [0, 0.05) is 43.4 Å². The van der Waals surface area contributed by atoms with Gasteiger partial charge in [0.2, 0.25) is 5.88 Å². The van der Waals surface area contributed by atoms with Crippen molar-refractivity contribution in [1.82, 2.24) is 19.8 Å². The SMILES string of the molecule is Cc1ccccc1Oc1c(C(=O)N2CCNCC2)c2ccncc2n1-c1ccccc1. The maximum atomic E-state index is 13.7. The lowest BCUT2D eigenvalue weighted by Gasteiger charge is -2.27. The number of carbonyl (C=O) groups is 1. The largest absolute Gasteiger partial charge is 0.439 e. The second-order valence-corrected chi connectivity index (χ2v) is 7.65. The molecule has 6 heteroatoms. The summed E-state index contributed by atoms with van der Waals surface area (Å²) in [5.74, 6) is 1.23. The lowest BCUT2D eigenvalue weighted by molar-refractivity contribution is 0.0735. The molecular formula is C25H24N4O2. The van der Waals surface area contributed by atoms with Gasteiger partial charge < -0.3 is 15.0 Å². The minimum absolute atomic E-state index is 0.0176. The van der Waals surface area contributed by atoms with E-state index in [0.29, 0.717) is 24.5 Å². The number of aryl methyl sites for hydroxylation is 1. The quantitative estimate of drug-likeness (QED) is 0.547. The van der Waals surface area contributed by atoms with E-state index in [1.54, 1.807) is 12.4 Å². The highest BCUT2D eigenvalue weighted by atomic mass is 16.5. The second-order valence-electron chi connectivity index (χ2n) is 7.65. The Balaban J connectivity index is 1.76. The van der Waals surface area contributed by atoms with Crippen LogP contribution < -0.4 is 10.1 Å². The van der Waals surface area contributed by atoms with Crippen molar-refractivity contribution in [1.29, 1.82) is 0 Å². The molecule has 0 atom stereocenters. The van der Waals surface area contributed by atoms with E-state index in [4.69, 9.17) is 4.74 Å². The number of aromatic nitrogens is 2. The van der Waals surface area contributed by atoms with Crippen molar-refractivity contribution < 1.29 is 9.53 Å². The van der Waals surface area contributed by atoms with Gasteiger partial charge in [-0.05, 0) is 36.8 Å². The number of pyridine rings is 1. The molecule has 1 aliphatic heterocycles. The van der Waals surface area contributed by atoms with E-state index in [1.165, 1.54) is 0 Å². The summed E-state index contributed by atoms with van der Waals surface area (Å²) in [4.78, 5) is 20.0. The van der Waals surface area contributed by atoms with Crippen LogP contribution >= 0.6 is 0 Å². The molecule has 0 bridgehead atoms. The molecule has 4 aromatic rings. The van der Waals surface area contributed by atoms with Gasteiger partial charge in [0.25, 0.3) is 5.91 Å². The summed E-state index contributed by atoms with van der Waals surface area (Å²) >= 11 is 0. The molecule has 6 nitrogen and oxygen atoms in total. The molecule has 1 aliphatic rings. The van der Waals surface area contributed by atoms with Crippen LogP contribution in [0.15, 0.2) is 73.1 Å². The molecule has 0 saturated carbocycles. The summed E-state index contributed by atoms with van der Waals surface area (Å²) in [6.07, 6.45) is 3.52. The van der Waals surface area contributed by atoms with Gasteiger partial charge in [-0.1, -0.05) is 36.4 Å². The van der Waals surface area contributed by atoms with E-state index in [-0.39, 0.29) is 5.91 Å². The fourth-order valence-corrected chi connectivity index (χ4v) is 4.05. The average molecular weight is 412 g/mol. The number of hydrogen-bond acceptors (Lipinski definition) is 4. The molecule has 2 aromatic carbocycles. The van der Waals surface area contributed by atoms with Crippen LogP contribution in [0.3, 0.4) is 0 Å². The Bertz CT molecular complexity index is 1230. The maximum absolute atomic E-state index is 13.7. The predicted molar refractivity (Wildman–Crippen MR) is 121 cm³/mol. The Hall–Kier alpha value is -3.64. The summed E-state index contributed by atoms with van der Waals surface area (Å²) in [5, 5.41) is 4.15. The Morgan fingerprint density at radius 1 is 1.00 bits per heavy atom. The highest BCUT2D eigenvalue weighted by Crippen LogP contribution is 2.39. The topological polar surface area (TPSA) is 59.4 Å². The first kappa shape index (κ1) is 19.3. The number of amides is 1. The van der Waals surface area contributed by atoms with Crippen LogP contribution in [0.4, 0.5) is 0 Å². The molecule has 1 amide bonds. The van der Waals surface area contributed by atoms with Crippen LogP contribution in [-0.4, -0.2) is 46.5 Å². The Morgan fingerprint density at radius 3 is 2.52 bits per heavy atom. The monoisotopic (exact) mass is 412 g/mol. The lowest BCUT2D eigenvalue weighted by atomic mass is 10.1. The molecule has 1 N–H and O–H groups in total. The molecule has 0 radical (unpaired) electrons. The van der Waals surface area contributed by atoms with E-state index < -0.39 is 0 Å². The second kappa shape index (κ2) is 8.24. The van der Waals surface area contributed by atoms with Gasteiger partial charge in [0.15, 0.2) is 0 Å². The van der Waals surface area contributed by atoms with Crippen molar-refractivity contribution in [2.75, 3.05) is 26.2 Å². The Morgan fingerprint density at radius 2 is 1.74 bits per heavy atom. The minimum Gasteiger partial charge on any atom is -0.439 e. The molecule has 31 heavy (non-hydrogen) atoms. The first-order valence-electron chi connectivity index (χ1n) is 10.5. The number of para-hydroxylation sites is 2. The zero-order chi connectivity index (χ0) is 21.2. The van der Waals surface area contributed by atoms with Gasteiger partial charge in [-0.15, -0.1) is 0 Å². The highest BCUT2D eigenvalue weighted by molar-refractivity contribution is 6.10. The van der Waals surface area contributed by atoms with Crippen molar-refractivity contribution in [2.24, 2.45) is 0 Å². The van der Waals surface area contributed by atoms with Gasteiger partial charge in [-0.3, -0.25) is 14.3 Å². The highest BCUT2D eigenvalue weighted by Gasteiger charge is 2.29. The molecule has 2 aromatic heterocycles. The summed E-state index contributed by atoms with van der Waals surface area (Å²) in [6.45, 7) is 4.93. The van der Waals surface area contributed by atoms with Crippen molar-refractivity contribution in [3.63, 3.8) is 0 Å². The number of ether oxygens (including phenoxy) is 1. The van der Waals surface area contributed by atoms with Crippen molar-refractivity contribution in [3.05, 3.63) is 84.2 Å². The Labute approximate surface area is 181 Å². The molecule has 0 aliphatic carbocycles. The number of nitrogens with one attached hydrogen (secondary N) is 1. The summed E-state index contributed by atoms with van der Waals surface area (Å²) in [5.41, 5.74) is 3.34. The summed E-state index contributed by atoms with van der Waals surface area (Å²) < 4.78 is 8.49. The van der Waals surface area contributed by atoms with E-state index in [0.717, 1.165) is 41.0 Å². The van der Waals surface area contributed by atoms with Crippen LogP contribution in [0.25, 0.3) is 16.6 Å². The number of piperazine rings is 1. The van der Waals surface area contributed by atoms with Crippen molar-refractivity contribution in [3.8, 4) is 17.3 Å². The number of benzene rings is 2. The van der Waals surface area contributed by atoms with Crippen LogP contribution in [0, 0.1) is 6.92 Å². The molecular weight excluding hydrogens is 388 g/mol. The van der Waals surface area contributed by atoms with Crippen LogP contribution in [0.2, 0.25) is 0 Å². The summed E-state index contributed by atoms with van der Waals surface area (Å²) in [6, 6.07) is 19.7. The average Bonchev–Trinajstić information content (AvgIpc) is 3.15. The first-order valence-corrected chi connectivity index (χ1v) is 10.5. The number of hydrogen-bond donors (Lipinski definition) is 1. The molecule has 1 saturated heterocycles. The number of nitrogens with zero attached hydrogens (tertiary/aromatic N) is 3. The number of fused-ring (bicyclic) bond motifs is 1. The van der Waals surface area contributed by atoms with Gasteiger partial charge >= 0.3 is 0 Å². The maximum Gasteiger partial charge on any atom is 0.260 e. The van der Waals surface area contributed by atoms with Crippen LogP contribution in [-0.2, 0) is 0 Å². The summed E-state index contributed by atoms with van der Waals surface area (Å²) in [7, 11) is 0. The molecule has 5 rings (SSSR count). The smallest absolute Gasteiger partial charge is 0.260 e. The molecule has 1 fully saturated rings. The fourth-order valence-electron chi connectivity index (χ4n) is 4.05. The zero-order valence-electron chi connectivity index (χ0n) is 17.4. The standard InChI is InChI=1S/C25H24N4O2/c1-18-7-5-6-10-22(18)31-25-23(24(30)28-15-13-26-14-16-28)20-11-12-27-17-21(20)29(25)19-8-3-2-4-9-19/h2-12,17,26H,13-16H2,1H3. The normalized spacial score (nSPS) is 14.0. The third kappa shape index (κ3) is 3.55. The van der Waals surface area contributed by atoms with Crippen LogP contribution in [0.5, 0.6) is 11.6 Å². The number of rotatable bonds is 4. The molecule has 0 spiro atoms. The van der Waals surface area contributed by atoms with E-state index in [1.807, 2.05) is 77.1 Å². The fraction of sp³-hybridized carbons (Fsp3) is 0.200. The Kier molecular flexibility index (Phi) is 5.14. The van der Waals surface area contributed by atoms with Gasteiger partial charge in [-0.25, -0.2) is 0 Å². The molecule has 0 unspecified atom stereocenters. The zero-order valence-corrected chi connectivity index (χ0v) is 17.4. The predicted octanol–water partition coefficient (Wildman–Crippen LogP) is 4.17.